The summed E-state index contributed by atoms with van der Waals surface area (Å²) in [5.41, 5.74) is 0. The second kappa shape index (κ2) is 6.93. The lowest BCUT2D eigenvalue weighted by Crippen LogP contribution is -2.48. The third-order valence-corrected chi connectivity index (χ3v) is 8.47. The molecule has 1 unspecified atom stereocenters. The second-order valence-electron chi connectivity index (χ2n) is 6.27. The Bertz CT molecular complexity index is 539. The molecule has 0 aromatic rings. The Morgan fingerprint density at radius 1 is 1.00 bits per heavy atom. The van der Waals surface area contributed by atoms with Crippen molar-refractivity contribution < 1.29 is 16.8 Å². The molecule has 2 saturated heterocycles. The van der Waals surface area contributed by atoms with Gasteiger partial charge < -0.3 is 5.32 Å². The number of rotatable bonds is 4. The van der Waals surface area contributed by atoms with Gasteiger partial charge in [0.2, 0.25) is 10.0 Å². The molecule has 1 atom stereocenters. The average molecular weight is 338 g/mol. The molecule has 0 bridgehead atoms. The predicted molar refractivity (Wildman–Crippen MR) is 83.2 cm³/mol. The van der Waals surface area contributed by atoms with E-state index in [1.165, 1.54) is 4.31 Å². The highest BCUT2D eigenvalue weighted by molar-refractivity contribution is 8.06. The van der Waals surface area contributed by atoms with E-state index in [1.54, 1.807) is 0 Å². The molecule has 2 fully saturated rings. The van der Waals surface area contributed by atoms with Gasteiger partial charge in [-0.3, -0.25) is 0 Å². The van der Waals surface area contributed by atoms with Crippen LogP contribution in [0.25, 0.3) is 0 Å². The number of hydrogen-bond donors (Lipinski definition) is 1. The number of sulfonamides is 1. The van der Waals surface area contributed by atoms with Crippen LogP contribution in [0.2, 0.25) is 0 Å². The molecule has 8 heteroatoms. The lowest BCUT2D eigenvalue weighted by atomic mass is 9.88. The van der Waals surface area contributed by atoms with Crippen molar-refractivity contribution in [3.05, 3.63) is 0 Å². The largest absolute Gasteiger partial charge is 0.317 e. The topological polar surface area (TPSA) is 83.5 Å². The molecule has 21 heavy (non-hydrogen) atoms. The van der Waals surface area contributed by atoms with Crippen molar-refractivity contribution in [3.8, 4) is 0 Å². The van der Waals surface area contributed by atoms with Crippen molar-refractivity contribution in [2.45, 2.75) is 44.6 Å². The SMILES string of the molecule is CS(=O)(=O)CS(=O)(=O)N1CCCCCC1C1CCNCC1. The van der Waals surface area contributed by atoms with E-state index in [-0.39, 0.29) is 6.04 Å². The Hall–Kier alpha value is -0.180. The fourth-order valence-electron chi connectivity index (χ4n) is 3.49. The molecule has 2 rings (SSSR count). The van der Waals surface area contributed by atoms with E-state index in [4.69, 9.17) is 0 Å². The quantitative estimate of drug-likeness (QED) is 0.810. The van der Waals surface area contributed by atoms with Crippen LogP contribution in [0.5, 0.6) is 0 Å². The molecule has 0 amide bonds. The summed E-state index contributed by atoms with van der Waals surface area (Å²) >= 11 is 0. The Kier molecular flexibility index (Phi) is 5.67. The van der Waals surface area contributed by atoms with Crippen LogP contribution >= 0.6 is 0 Å². The molecule has 2 aliphatic rings. The predicted octanol–water partition coefficient (Wildman–Crippen LogP) is 0.563. The maximum atomic E-state index is 12.5. The Balaban J connectivity index is 2.22. The normalized spacial score (nSPS) is 27.4. The van der Waals surface area contributed by atoms with Gasteiger partial charge >= 0.3 is 0 Å². The molecule has 0 aromatic carbocycles. The van der Waals surface area contributed by atoms with Gasteiger partial charge in [0.25, 0.3) is 0 Å². The number of nitrogens with one attached hydrogen (secondary N) is 1. The average Bonchev–Trinajstić information content (AvgIpc) is 2.63. The molecule has 0 aromatic heterocycles. The van der Waals surface area contributed by atoms with Crippen molar-refractivity contribution in [1.82, 2.24) is 9.62 Å². The van der Waals surface area contributed by atoms with E-state index in [2.05, 4.69) is 5.32 Å². The van der Waals surface area contributed by atoms with E-state index < -0.39 is 24.9 Å². The van der Waals surface area contributed by atoms with Gasteiger partial charge in [0.1, 0.15) is 0 Å². The Morgan fingerprint density at radius 3 is 2.29 bits per heavy atom. The zero-order chi connectivity index (χ0) is 15.5. The lowest BCUT2D eigenvalue weighted by molar-refractivity contribution is 0.198. The molecule has 6 nitrogen and oxygen atoms in total. The van der Waals surface area contributed by atoms with Gasteiger partial charge in [-0.1, -0.05) is 12.8 Å². The Morgan fingerprint density at radius 2 is 1.67 bits per heavy atom. The van der Waals surface area contributed by atoms with Crippen molar-refractivity contribution in [2.75, 3.05) is 31.0 Å². The van der Waals surface area contributed by atoms with Crippen LogP contribution in [-0.4, -0.2) is 58.2 Å². The summed E-state index contributed by atoms with van der Waals surface area (Å²) in [6.07, 6.45) is 6.65. The minimum atomic E-state index is -3.74. The van der Waals surface area contributed by atoms with Gasteiger partial charge in [-0.05, 0) is 44.7 Å². The van der Waals surface area contributed by atoms with Crippen LogP contribution in [0.1, 0.15) is 38.5 Å². The summed E-state index contributed by atoms with van der Waals surface area (Å²) in [7, 11) is -7.28. The van der Waals surface area contributed by atoms with Crippen LogP contribution in [0.4, 0.5) is 0 Å². The molecule has 0 saturated carbocycles. The summed E-state index contributed by atoms with van der Waals surface area (Å²) < 4.78 is 49.5. The van der Waals surface area contributed by atoms with Gasteiger partial charge in [0, 0.05) is 18.8 Å². The molecule has 0 aliphatic carbocycles. The fourth-order valence-corrected chi connectivity index (χ4v) is 7.29. The zero-order valence-corrected chi connectivity index (χ0v) is 14.3. The maximum absolute atomic E-state index is 12.5. The molecular formula is C13H26N2O4S2. The highest BCUT2D eigenvalue weighted by Gasteiger charge is 2.37. The molecular weight excluding hydrogens is 312 g/mol. The number of sulfone groups is 1. The van der Waals surface area contributed by atoms with Crippen molar-refractivity contribution in [2.24, 2.45) is 5.92 Å². The number of nitrogens with zero attached hydrogens (tertiary/aromatic N) is 1. The first-order chi connectivity index (χ1) is 9.80. The molecule has 1 N–H and O–H groups in total. The molecule has 124 valence electrons. The van der Waals surface area contributed by atoms with E-state index in [9.17, 15) is 16.8 Å². The van der Waals surface area contributed by atoms with E-state index in [1.807, 2.05) is 0 Å². The highest BCUT2D eigenvalue weighted by atomic mass is 32.3. The minimum absolute atomic E-state index is 0.0265. The van der Waals surface area contributed by atoms with Crippen LogP contribution in [-0.2, 0) is 19.9 Å². The molecule has 2 heterocycles. The first-order valence-electron chi connectivity index (χ1n) is 7.67. The van der Waals surface area contributed by atoms with Crippen LogP contribution in [0.3, 0.4) is 0 Å². The van der Waals surface area contributed by atoms with E-state index >= 15 is 0 Å². The fraction of sp³-hybridized carbons (Fsp3) is 1.00. The number of piperidine rings is 1. The van der Waals surface area contributed by atoms with Crippen LogP contribution in [0.15, 0.2) is 0 Å². The maximum Gasteiger partial charge on any atom is 0.228 e. The lowest BCUT2D eigenvalue weighted by Gasteiger charge is -2.37. The summed E-state index contributed by atoms with van der Waals surface area (Å²) in [6.45, 7) is 2.30. The Labute approximate surface area is 128 Å². The van der Waals surface area contributed by atoms with Crippen molar-refractivity contribution >= 4 is 19.9 Å². The van der Waals surface area contributed by atoms with Gasteiger partial charge in [0.05, 0.1) is 0 Å². The summed E-state index contributed by atoms with van der Waals surface area (Å²) in [5.74, 6) is 0.346. The number of hydrogen-bond acceptors (Lipinski definition) is 5. The third-order valence-electron chi connectivity index (χ3n) is 4.40. The summed E-state index contributed by atoms with van der Waals surface area (Å²) in [4.78, 5) is 0. The second-order valence-corrected chi connectivity index (χ2v) is 10.7. The van der Waals surface area contributed by atoms with Gasteiger partial charge in [-0.25, -0.2) is 16.8 Å². The third kappa shape index (κ3) is 4.91. The monoisotopic (exact) mass is 338 g/mol. The molecule has 0 spiro atoms. The van der Waals surface area contributed by atoms with Crippen LogP contribution < -0.4 is 5.32 Å². The molecule has 0 radical (unpaired) electrons. The minimum Gasteiger partial charge on any atom is -0.317 e. The standard InChI is InChI=1S/C13H26N2O4S2/c1-20(16,17)11-21(18,19)15-10-4-2-3-5-13(15)12-6-8-14-9-7-12/h12-14H,2-11H2,1H3. The highest BCUT2D eigenvalue weighted by Crippen LogP contribution is 2.30. The van der Waals surface area contributed by atoms with Gasteiger partial charge in [-0.2, -0.15) is 4.31 Å². The van der Waals surface area contributed by atoms with Crippen LogP contribution in [0, 0.1) is 5.92 Å². The van der Waals surface area contributed by atoms with Gasteiger partial charge in [0.15, 0.2) is 14.9 Å². The smallest absolute Gasteiger partial charge is 0.228 e. The zero-order valence-electron chi connectivity index (χ0n) is 12.6. The summed E-state index contributed by atoms with van der Waals surface area (Å²) in [5, 5.41) is 2.53. The summed E-state index contributed by atoms with van der Waals surface area (Å²) in [6, 6.07) is -0.0265. The van der Waals surface area contributed by atoms with Crippen molar-refractivity contribution in [1.29, 1.82) is 0 Å². The molecule has 2 aliphatic heterocycles. The van der Waals surface area contributed by atoms with Gasteiger partial charge in [-0.15, -0.1) is 0 Å². The first kappa shape index (κ1) is 17.2. The van der Waals surface area contributed by atoms with Crippen molar-refractivity contribution in [3.63, 3.8) is 0 Å². The van der Waals surface area contributed by atoms with E-state index in [0.717, 1.165) is 57.9 Å². The first-order valence-corrected chi connectivity index (χ1v) is 11.3. The van der Waals surface area contributed by atoms with E-state index in [0.29, 0.717) is 12.5 Å².